The van der Waals surface area contributed by atoms with E-state index in [9.17, 15) is 5.11 Å². The molecule has 0 spiro atoms. The first-order valence-electron chi connectivity index (χ1n) is 7.38. The lowest BCUT2D eigenvalue weighted by molar-refractivity contribution is 0.225. The van der Waals surface area contributed by atoms with Gasteiger partial charge in [0.05, 0.1) is 0 Å². The topological polar surface area (TPSA) is 20.2 Å². The quantitative estimate of drug-likeness (QED) is 0.729. The van der Waals surface area contributed by atoms with E-state index < -0.39 is 0 Å². The highest BCUT2D eigenvalue weighted by atomic mass is 32.1. The normalized spacial score (nSPS) is 12.7. The lowest BCUT2D eigenvalue weighted by Gasteiger charge is -2.15. The monoisotopic (exact) mass is 296 g/mol. The Labute approximate surface area is 129 Å². The largest absolute Gasteiger partial charge is 0.396 e. The van der Waals surface area contributed by atoms with E-state index in [0.717, 1.165) is 12.8 Å². The number of hydrogen-bond donors (Lipinski definition) is 1. The molecule has 0 fully saturated rings. The molecule has 2 aromatic carbocycles. The Morgan fingerprint density at radius 2 is 1.67 bits per heavy atom. The van der Waals surface area contributed by atoms with Gasteiger partial charge in [0.25, 0.3) is 0 Å². The first-order chi connectivity index (χ1) is 10.3. The van der Waals surface area contributed by atoms with Crippen LogP contribution in [-0.4, -0.2) is 11.7 Å². The second-order valence-electron chi connectivity index (χ2n) is 5.64. The summed E-state index contributed by atoms with van der Waals surface area (Å²) < 4.78 is 1.33. The van der Waals surface area contributed by atoms with Gasteiger partial charge in [0.2, 0.25) is 0 Å². The number of aliphatic hydroxyl groups excluding tert-OH is 1. The fraction of sp³-hybridized carbons (Fsp3) is 0.263. The van der Waals surface area contributed by atoms with Crippen LogP contribution >= 0.6 is 11.3 Å². The van der Waals surface area contributed by atoms with Gasteiger partial charge in [-0.15, -0.1) is 11.3 Å². The molecular weight excluding hydrogens is 276 g/mol. The third kappa shape index (κ3) is 3.17. The second kappa shape index (κ2) is 6.42. The summed E-state index contributed by atoms with van der Waals surface area (Å²) in [5, 5.41) is 13.3. The highest BCUT2D eigenvalue weighted by Gasteiger charge is 2.13. The summed E-state index contributed by atoms with van der Waals surface area (Å²) in [7, 11) is 0. The SMILES string of the molecule is Cc1ccccc1CC(CO)Cc1csc2ccccc12. The predicted octanol–water partition coefficient (Wildman–Crippen LogP) is 4.60. The number of hydrogen-bond acceptors (Lipinski definition) is 2. The fourth-order valence-electron chi connectivity index (χ4n) is 2.85. The zero-order chi connectivity index (χ0) is 14.7. The molecule has 1 nitrogen and oxygen atoms in total. The fourth-order valence-corrected chi connectivity index (χ4v) is 3.83. The van der Waals surface area contributed by atoms with Crippen LogP contribution in [0.2, 0.25) is 0 Å². The van der Waals surface area contributed by atoms with Crippen LogP contribution in [-0.2, 0) is 12.8 Å². The van der Waals surface area contributed by atoms with Crippen LogP contribution in [0.5, 0.6) is 0 Å². The molecule has 1 N–H and O–H groups in total. The molecule has 0 saturated carbocycles. The van der Waals surface area contributed by atoms with Crippen molar-refractivity contribution < 1.29 is 5.11 Å². The standard InChI is InChI=1S/C19H20OS/c1-14-6-2-3-7-16(14)10-15(12-20)11-17-13-21-19-9-5-4-8-18(17)19/h2-9,13,15,20H,10-12H2,1H3. The van der Waals surface area contributed by atoms with Gasteiger partial charge in [-0.25, -0.2) is 0 Å². The van der Waals surface area contributed by atoms with Gasteiger partial charge in [0.15, 0.2) is 0 Å². The molecule has 0 amide bonds. The molecule has 1 aromatic heterocycles. The number of rotatable bonds is 5. The Hall–Kier alpha value is -1.64. The van der Waals surface area contributed by atoms with Crippen molar-refractivity contribution in [3.05, 3.63) is 70.6 Å². The highest BCUT2D eigenvalue weighted by Crippen LogP contribution is 2.28. The maximum Gasteiger partial charge on any atom is 0.0465 e. The molecule has 0 aliphatic rings. The molecule has 2 heteroatoms. The van der Waals surface area contributed by atoms with Crippen LogP contribution in [0.4, 0.5) is 0 Å². The molecule has 3 aromatic rings. The van der Waals surface area contributed by atoms with Gasteiger partial charge in [0, 0.05) is 11.3 Å². The van der Waals surface area contributed by atoms with Crippen molar-refractivity contribution in [1.82, 2.24) is 0 Å². The predicted molar refractivity (Wildman–Crippen MR) is 91.0 cm³/mol. The molecule has 0 saturated heterocycles. The molecular formula is C19H20OS. The van der Waals surface area contributed by atoms with Gasteiger partial charge in [-0.1, -0.05) is 42.5 Å². The molecule has 108 valence electrons. The van der Waals surface area contributed by atoms with E-state index in [1.165, 1.54) is 26.8 Å². The second-order valence-corrected chi connectivity index (χ2v) is 6.55. The zero-order valence-electron chi connectivity index (χ0n) is 12.3. The van der Waals surface area contributed by atoms with Gasteiger partial charge < -0.3 is 5.11 Å². The third-order valence-corrected chi connectivity index (χ3v) is 5.11. The highest BCUT2D eigenvalue weighted by molar-refractivity contribution is 7.17. The Kier molecular flexibility index (Phi) is 4.37. The van der Waals surface area contributed by atoms with E-state index in [0.29, 0.717) is 0 Å². The van der Waals surface area contributed by atoms with E-state index in [4.69, 9.17) is 0 Å². The average Bonchev–Trinajstić information content (AvgIpc) is 2.92. The number of aliphatic hydroxyl groups is 1. The van der Waals surface area contributed by atoms with Crippen LogP contribution in [0, 0.1) is 12.8 Å². The molecule has 0 radical (unpaired) electrons. The van der Waals surface area contributed by atoms with E-state index in [1.807, 2.05) is 0 Å². The van der Waals surface area contributed by atoms with Crippen LogP contribution in [0.1, 0.15) is 16.7 Å². The number of benzene rings is 2. The van der Waals surface area contributed by atoms with Gasteiger partial charge in [-0.3, -0.25) is 0 Å². The minimum absolute atomic E-state index is 0.235. The molecule has 0 bridgehead atoms. The van der Waals surface area contributed by atoms with Crippen molar-refractivity contribution in [2.75, 3.05) is 6.61 Å². The van der Waals surface area contributed by atoms with Crippen LogP contribution < -0.4 is 0 Å². The van der Waals surface area contributed by atoms with E-state index in [1.54, 1.807) is 11.3 Å². The summed E-state index contributed by atoms with van der Waals surface area (Å²) in [4.78, 5) is 0. The van der Waals surface area contributed by atoms with Crippen molar-refractivity contribution in [3.63, 3.8) is 0 Å². The van der Waals surface area contributed by atoms with Gasteiger partial charge in [-0.05, 0) is 59.2 Å². The number of thiophene rings is 1. The van der Waals surface area contributed by atoms with Crippen LogP contribution in [0.15, 0.2) is 53.9 Å². The molecule has 21 heavy (non-hydrogen) atoms. The summed E-state index contributed by atoms with van der Waals surface area (Å²) in [5.41, 5.74) is 4.02. The minimum Gasteiger partial charge on any atom is -0.396 e. The van der Waals surface area contributed by atoms with Crippen molar-refractivity contribution >= 4 is 21.4 Å². The Balaban J connectivity index is 1.80. The van der Waals surface area contributed by atoms with Gasteiger partial charge in [0.1, 0.15) is 0 Å². The molecule has 0 aliphatic heterocycles. The molecule has 1 unspecified atom stereocenters. The molecule has 0 aliphatic carbocycles. The van der Waals surface area contributed by atoms with Crippen molar-refractivity contribution in [2.24, 2.45) is 5.92 Å². The minimum atomic E-state index is 0.235. The molecule has 3 rings (SSSR count). The maximum atomic E-state index is 9.75. The number of fused-ring (bicyclic) bond motifs is 1. The van der Waals surface area contributed by atoms with E-state index in [-0.39, 0.29) is 12.5 Å². The molecule has 1 atom stereocenters. The van der Waals surface area contributed by atoms with Crippen molar-refractivity contribution in [3.8, 4) is 0 Å². The summed E-state index contributed by atoms with van der Waals surface area (Å²) >= 11 is 1.79. The lowest BCUT2D eigenvalue weighted by atomic mass is 9.91. The average molecular weight is 296 g/mol. The third-order valence-electron chi connectivity index (χ3n) is 4.10. The maximum absolute atomic E-state index is 9.75. The zero-order valence-corrected chi connectivity index (χ0v) is 13.1. The number of aryl methyl sites for hydroxylation is 1. The first-order valence-corrected chi connectivity index (χ1v) is 8.26. The Morgan fingerprint density at radius 3 is 2.48 bits per heavy atom. The van der Waals surface area contributed by atoms with Gasteiger partial charge in [-0.2, -0.15) is 0 Å². The van der Waals surface area contributed by atoms with E-state index in [2.05, 4.69) is 60.8 Å². The molecule has 1 heterocycles. The summed E-state index contributed by atoms with van der Waals surface area (Å²) in [6.07, 6.45) is 1.88. The Morgan fingerprint density at radius 1 is 0.952 bits per heavy atom. The lowest BCUT2D eigenvalue weighted by Crippen LogP contribution is -2.13. The summed E-state index contributed by atoms with van der Waals surface area (Å²) in [6.45, 7) is 2.38. The van der Waals surface area contributed by atoms with E-state index >= 15 is 0 Å². The van der Waals surface area contributed by atoms with Gasteiger partial charge >= 0.3 is 0 Å². The van der Waals surface area contributed by atoms with Crippen LogP contribution in [0.25, 0.3) is 10.1 Å². The summed E-state index contributed by atoms with van der Waals surface area (Å²) in [5.74, 6) is 0.282. The van der Waals surface area contributed by atoms with Crippen LogP contribution in [0.3, 0.4) is 0 Å². The Bertz CT molecular complexity index is 729. The smallest absolute Gasteiger partial charge is 0.0465 e. The summed E-state index contributed by atoms with van der Waals surface area (Å²) in [6, 6.07) is 17.0. The van der Waals surface area contributed by atoms with Crippen molar-refractivity contribution in [2.45, 2.75) is 19.8 Å². The van der Waals surface area contributed by atoms with Crippen molar-refractivity contribution in [1.29, 1.82) is 0 Å². The first kappa shape index (κ1) is 14.3.